The van der Waals surface area contributed by atoms with Crippen molar-refractivity contribution in [3.05, 3.63) is 47.2 Å². The van der Waals surface area contributed by atoms with Gasteiger partial charge in [-0.3, -0.25) is 4.68 Å². The van der Waals surface area contributed by atoms with Crippen molar-refractivity contribution in [3.8, 4) is 5.75 Å². The summed E-state index contributed by atoms with van der Waals surface area (Å²) >= 11 is 1.61. The Bertz CT molecular complexity index is 1050. The van der Waals surface area contributed by atoms with Gasteiger partial charge in [0.05, 0.1) is 23.9 Å². The second-order valence-corrected chi connectivity index (χ2v) is 6.93. The summed E-state index contributed by atoms with van der Waals surface area (Å²) in [5.74, 6) is 1.42. The lowest BCUT2D eigenvalue weighted by Gasteiger charge is -2.06. The summed E-state index contributed by atoms with van der Waals surface area (Å²) in [6.45, 7) is 4.80. The molecule has 0 radical (unpaired) electrons. The molecule has 0 fully saturated rings. The minimum Gasteiger partial charge on any atom is -0.497 e. The monoisotopic (exact) mass is 338 g/mol. The minimum absolute atomic E-state index is 0.568. The summed E-state index contributed by atoms with van der Waals surface area (Å²) < 4.78 is 8.21. The Morgan fingerprint density at radius 1 is 1.21 bits per heavy atom. The Morgan fingerprint density at radius 2 is 1.96 bits per heavy atom. The van der Waals surface area contributed by atoms with Gasteiger partial charge in [-0.2, -0.15) is 5.10 Å². The number of methoxy groups -OCH3 is 1. The van der Waals surface area contributed by atoms with Crippen molar-refractivity contribution in [1.82, 2.24) is 14.8 Å². The topological polar surface area (TPSA) is 66.0 Å². The van der Waals surface area contributed by atoms with Crippen LogP contribution >= 0.6 is 11.3 Å². The quantitative estimate of drug-likeness (QED) is 0.615. The molecule has 3 heterocycles. The number of aromatic nitrogens is 3. The maximum absolute atomic E-state index is 6.16. The predicted octanol–water partition coefficient (Wildman–Crippen LogP) is 3.90. The molecular weight excluding hydrogens is 320 g/mol. The van der Waals surface area contributed by atoms with Gasteiger partial charge in [-0.05, 0) is 43.2 Å². The first-order valence-electron chi connectivity index (χ1n) is 7.72. The number of fused-ring (bicyclic) bond motifs is 3. The number of nitrogens with two attached hydrogens (primary N) is 1. The van der Waals surface area contributed by atoms with E-state index in [2.05, 4.69) is 23.1 Å². The first kappa shape index (κ1) is 15.0. The number of hydrogen-bond acceptors (Lipinski definition) is 5. The first-order valence-corrected chi connectivity index (χ1v) is 8.54. The molecule has 5 nitrogen and oxygen atoms in total. The molecule has 0 bridgehead atoms. The smallest absolute Gasteiger partial charge is 0.163 e. The van der Waals surface area contributed by atoms with E-state index >= 15 is 0 Å². The largest absolute Gasteiger partial charge is 0.497 e. The van der Waals surface area contributed by atoms with E-state index in [1.54, 1.807) is 18.4 Å². The Morgan fingerprint density at radius 3 is 2.67 bits per heavy atom. The van der Waals surface area contributed by atoms with Gasteiger partial charge >= 0.3 is 0 Å². The van der Waals surface area contributed by atoms with Crippen LogP contribution in [0, 0.1) is 13.8 Å². The first-order chi connectivity index (χ1) is 11.6. The molecule has 0 saturated carbocycles. The molecule has 2 N–H and O–H groups in total. The molecule has 0 aliphatic rings. The van der Waals surface area contributed by atoms with Gasteiger partial charge in [-0.25, -0.2) is 4.98 Å². The molecule has 24 heavy (non-hydrogen) atoms. The number of anilines is 1. The number of benzene rings is 1. The van der Waals surface area contributed by atoms with E-state index in [1.807, 2.05) is 35.9 Å². The fourth-order valence-corrected chi connectivity index (χ4v) is 4.28. The fourth-order valence-electron chi connectivity index (χ4n) is 3.09. The highest BCUT2D eigenvalue weighted by Gasteiger charge is 2.18. The standard InChI is InChI=1S/C18H18N4OS/c1-10-8-11(2)20-18-14(10)15-16(24-18)17(19)21-22(15)9-12-4-6-13(23-3)7-5-12/h4-8H,9H2,1-3H3,(H2,19,21). The Labute approximate surface area is 143 Å². The van der Waals surface area contributed by atoms with Crippen LogP contribution in [0.15, 0.2) is 30.3 Å². The van der Waals surface area contributed by atoms with E-state index in [0.717, 1.165) is 37.4 Å². The zero-order valence-electron chi connectivity index (χ0n) is 13.8. The highest BCUT2D eigenvalue weighted by molar-refractivity contribution is 7.26. The molecule has 4 aromatic rings. The third kappa shape index (κ3) is 2.30. The number of thiophene rings is 1. The van der Waals surface area contributed by atoms with Gasteiger partial charge in [0.1, 0.15) is 10.6 Å². The van der Waals surface area contributed by atoms with Gasteiger partial charge < -0.3 is 10.5 Å². The maximum Gasteiger partial charge on any atom is 0.163 e. The Balaban J connectivity index is 1.88. The van der Waals surface area contributed by atoms with E-state index in [4.69, 9.17) is 10.5 Å². The molecule has 0 aliphatic carbocycles. The van der Waals surface area contributed by atoms with Gasteiger partial charge in [0.25, 0.3) is 0 Å². The second kappa shape index (κ2) is 5.49. The number of hydrogen-bond donors (Lipinski definition) is 1. The van der Waals surface area contributed by atoms with Gasteiger partial charge in [-0.15, -0.1) is 11.3 Å². The van der Waals surface area contributed by atoms with Crippen molar-refractivity contribution < 1.29 is 4.74 Å². The second-order valence-electron chi connectivity index (χ2n) is 5.93. The lowest BCUT2D eigenvalue weighted by Crippen LogP contribution is -2.03. The molecule has 0 amide bonds. The van der Waals surface area contributed by atoms with Crippen molar-refractivity contribution in [1.29, 1.82) is 0 Å². The molecular formula is C18H18N4OS. The zero-order valence-corrected chi connectivity index (χ0v) is 14.6. The van der Waals surface area contributed by atoms with E-state index in [-0.39, 0.29) is 0 Å². The molecule has 4 rings (SSSR count). The third-order valence-corrected chi connectivity index (χ3v) is 5.27. The predicted molar refractivity (Wildman–Crippen MR) is 98.9 cm³/mol. The van der Waals surface area contributed by atoms with Crippen LogP contribution in [-0.2, 0) is 6.54 Å². The van der Waals surface area contributed by atoms with Crippen LogP contribution in [0.5, 0.6) is 5.75 Å². The van der Waals surface area contributed by atoms with Crippen LogP contribution in [0.25, 0.3) is 20.4 Å². The van der Waals surface area contributed by atoms with Crippen molar-refractivity contribution in [2.45, 2.75) is 20.4 Å². The molecule has 0 aliphatic heterocycles. The Kier molecular flexibility index (Phi) is 3.42. The van der Waals surface area contributed by atoms with Gasteiger partial charge in [-0.1, -0.05) is 12.1 Å². The number of rotatable bonds is 3. The molecule has 0 unspecified atom stereocenters. The van der Waals surface area contributed by atoms with Gasteiger partial charge in [0, 0.05) is 11.1 Å². The number of aryl methyl sites for hydroxylation is 2. The maximum atomic E-state index is 6.16. The summed E-state index contributed by atoms with van der Waals surface area (Å²) in [5, 5.41) is 5.70. The normalized spacial score (nSPS) is 11.5. The van der Waals surface area contributed by atoms with E-state index < -0.39 is 0 Å². The summed E-state index contributed by atoms with van der Waals surface area (Å²) in [7, 11) is 1.67. The summed E-state index contributed by atoms with van der Waals surface area (Å²) in [5.41, 5.74) is 10.6. The average Bonchev–Trinajstić information content (AvgIpc) is 3.06. The van der Waals surface area contributed by atoms with Crippen LogP contribution in [0.3, 0.4) is 0 Å². The highest BCUT2D eigenvalue weighted by atomic mass is 32.1. The van der Waals surface area contributed by atoms with E-state index in [0.29, 0.717) is 12.4 Å². The SMILES string of the molecule is COc1ccc(Cn2nc(N)c3sc4nc(C)cc(C)c4c32)cc1. The number of nitrogens with zero attached hydrogens (tertiary/aromatic N) is 3. The van der Waals surface area contributed by atoms with Crippen molar-refractivity contribution in [2.24, 2.45) is 0 Å². The zero-order chi connectivity index (χ0) is 16.8. The third-order valence-electron chi connectivity index (χ3n) is 4.17. The van der Waals surface area contributed by atoms with Crippen LogP contribution < -0.4 is 10.5 Å². The molecule has 0 saturated heterocycles. The molecule has 6 heteroatoms. The Hall–Kier alpha value is -2.60. The summed E-state index contributed by atoms with van der Waals surface area (Å²) in [6, 6.07) is 10.1. The molecule has 122 valence electrons. The van der Waals surface area contributed by atoms with Crippen molar-refractivity contribution >= 4 is 37.6 Å². The van der Waals surface area contributed by atoms with Crippen LogP contribution in [0.2, 0.25) is 0 Å². The van der Waals surface area contributed by atoms with Crippen LogP contribution in [0.4, 0.5) is 5.82 Å². The van der Waals surface area contributed by atoms with Crippen LogP contribution in [-0.4, -0.2) is 21.9 Å². The number of ether oxygens (including phenoxy) is 1. The molecule has 0 spiro atoms. The van der Waals surface area contributed by atoms with Crippen molar-refractivity contribution in [3.63, 3.8) is 0 Å². The minimum atomic E-state index is 0.568. The summed E-state index contributed by atoms with van der Waals surface area (Å²) in [6.07, 6.45) is 0. The number of nitrogen functional groups attached to an aromatic ring is 1. The van der Waals surface area contributed by atoms with E-state index in [1.165, 1.54) is 5.56 Å². The lowest BCUT2D eigenvalue weighted by molar-refractivity contribution is 0.414. The summed E-state index contributed by atoms with van der Waals surface area (Å²) in [4.78, 5) is 5.69. The van der Waals surface area contributed by atoms with E-state index in [9.17, 15) is 0 Å². The van der Waals surface area contributed by atoms with Gasteiger partial charge in [0.15, 0.2) is 5.82 Å². The average molecular weight is 338 g/mol. The fraction of sp³-hybridized carbons (Fsp3) is 0.222. The highest BCUT2D eigenvalue weighted by Crippen LogP contribution is 2.38. The molecule has 3 aromatic heterocycles. The van der Waals surface area contributed by atoms with Crippen LogP contribution in [0.1, 0.15) is 16.8 Å². The number of pyridine rings is 1. The lowest BCUT2D eigenvalue weighted by atomic mass is 10.1. The molecule has 0 atom stereocenters. The molecule has 1 aromatic carbocycles. The van der Waals surface area contributed by atoms with Crippen molar-refractivity contribution in [2.75, 3.05) is 12.8 Å². The van der Waals surface area contributed by atoms with Gasteiger partial charge in [0.2, 0.25) is 0 Å².